The Hall–Kier alpha value is -2.69. The Morgan fingerprint density at radius 2 is 1.82 bits per heavy atom. The Morgan fingerprint density at radius 1 is 1.04 bits per heavy atom. The first-order valence-electron chi connectivity index (χ1n) is 10.0. The molecule has 5 heteroatoms. The van der Waals surface area contributed by atoms with Gasteiger partial charge in [0, 0.05) is 23.2 Å². The maximum atomic E-state index is 12.7. The van der Waals surface area contributed by atoms with Crippen LogP contribution in [0.25, 0.3) is 0 Å². The molecule has 150 valence electrons. The van der Waals surface area contributed by atoms with Gasteiger partial charge in [-0.1, -0.05) is 25.3 Å². The Balaban J connectivity index is 1.71. The maximum Gasteiger partial charge on any atom is 0.251 e. The van der Waals surface area contributed by atoms with Gasteiger partial charge in [-0.15, -0.1) is 0 Å². The highest BCUT2D eigenvalue weighted by atomic mass is 16.5. The topological polar surface area (TPSA) is 56.8 Å². The van der Waals surface area contributed by atoms with Gasteiger partial charge >= 0.3 is 0 Å². The summed E-state index contributed by atoms with van der Waals surface area (Å²) in [6, 6.07) is 13.3. The highest BCUT2D eigenvalue weighted by Gasteiger charge is 2.18. The SMILES string of the molecule is CCOc1ccc(C(=O)NC2CCCCC2)cc1COc1cccc(OC)c1. The molecular weight excluding hydrogens is 354 g/mol. The molecule has 1 aliphatic rings. The lowest BCUT2D eigenvalue weighted by atomic mass is 9.95. The molecule has 0 atom stereocenters. The zero-order valence-corrected chi connectivity index (χ0v) is 16.7. The van der Waals surface area contributed by atoms with Gasteiger partial charge in [0.1, 0.15) is 23.9 Å². The number of nitrogens with one attached hydrogen (secondary N) is 1. The van der Waals surface area contributed by atoms with Crippen LogP contribution < -0.4 is 19.5 Å². The summed E-state index contributed by atoms with van der Waals surface area (Å²) in [6.45, 7) is 2.81. The third-order valence-corrected chi connectivity index (χ3v) is 5.00. The molecule has 0 aromatic heterocycles. The standard InChI is InChI=1S/C23H29NO4/c1-3-27-22-13-12-17(23(25)24-19-8-5-4-6-9-19)14-18(22)16-28-21-11-7-10-20(15-21)26-2/h7,10-15,19H,3-6,8-9,16H2,1-2H3,(H,24,25). The van der Waals surface area contributed by atoms with Gasteiger partial charge in [0.2, 0.25) is 0 Å². The third-order valence-electron chi connectivity index (χ3n) is 5.00. The molecule has 0 heterocycles. The van der Waals surface area contributed by atoms with E-state index in [-0.39, 0.29) is 11.9 Å². The molecule has 2 aromatic rings. The van der Waals surface area contributed by atoms with Gasteiger partial charge in [0.15, 0.2) is 0 Å². The molecule has 1 aliphatic carbocycles. The van der Waals surface area contributed by atoms with Crippen molar-refractivity contribution in [1.82, 2.24) is 5.32 Å². The van der Waals surface area contributed by atoms with Gasteiger partial charge in [-0.05, 0) is 50.1 Å². The van der Waals surface area contributed by atoms with Crippen molar-refractivity contribution >= 4 is 5.91 Å². The van der Waals surface area contributed by atoms with E-state index < -0.39 is 0 Å². The summed E-state index contributed by atoms with van der Waals surface area (Å²) in [6.07, 6.45) is 5.77. The second-order valence-electron chi connectivity index (χ2n) is 7.03. The van der Waals surface area contributed by atoms with Crippen LogP contribution in [0.4, 0.5) is 0 Å². The predicted octanol–water partition coefficient (Wildman–Crippen LogP) is 4.74. The van der Waals surface area contributed by atoms with E-state index in [0.29, 0.717) is 24.5 Å². The molecule has 0 spiro atoms. The normalized spacial score (nSPS) is 14.4. The summed E-state index contributed by atoms with van der Waals surface area (Å²) in [5.41, 5.74) is 1.49. The number of rotatable bonds is 8. The first kappa shape index (κ1) is 20.1. The molecule has 0 saturated heterocycles. The van der Waals surface area contributed by atoms with E-state index in [1.54, 1.807) is 7.11 Å². The Labute approximate surface area is 167 Å². The fourth-order valence-electron chi connectivity index (χ4n) is 3.50. The number of benzene rings is 2. The average molecular weight is 383 g/mol. The predicted molar refractivity (Wildman–Crippen MR) is 109 cm³/mol. The van der Waals surface area contributed by atoms with E-state index in [9.17, 15) is 4.79 Å². The van der Waals surface area contributed by atoms with Crippen LogP contribution in [0, 0.1) is 0 Å². The van der Waals surface area contributed by atoms with Crippen molar-refractivity contribution in [2.24, 2.45) is 0 Å². The minimum absolute atomic E-state index is 0.0300. The van der Waals surface area contributed by atoms with Crippen LogP contribution in [0.15, 0.2) is 42.5 Å². The molecule has 5 nitrogen and oxygen atoms in total. The summed E-state index contributed by atoms with van der Waals surface area (Å²) < 4.78 is 16.9. The average Bonchev–Trinajstić information content (AvgIpc) is 2.74. The summed E-state index contributed by atoms with van der Waals surface area (Å²) in [7, 11) is 1.63. The summed E-state index contributed by atoms with van der Waals surface area (Å²) in [5.74, 6) is 2.15. The Bertz CT molecular complexity index is 784. The number of carbonyl (C=O) groups excluding carboxylic acids is 1. The van der Waals surface area contributed by atoms with Crippen LogP contribution in [0.5, 0.6) is 17.2 Å². The smallest absolute Gasteiger partial charge is 0.251 e. The molecule has 2 aromatic carbocycles. The third kappa shape index (κ3) is 5.41. The molecule has 1 N–H and O–H groups in total. The molecule has 28 heavy (non-hydrogen) atoms. The Morgan fingerprint density at radius 3 is 2.57 bits per heavy atom. The van der Waals surface area contributed by atoms with Gasteiger partial charge in [-0.3, -0.25) is 4.79 Å². The summed E-state index contributed by atoms with van der Waals surface area (Å²) in [5, 5.41) is 3.17. The minimum Gasteiger partial charge on any atom is -0.497 e. The minimum atomic E-state index is -0.0300. The van der Waals surface area contributed by atoms with Crippen molar-refractivity contribution in [2.75, 3.05) is 13.7 Å². The van der Waals surface area contributed by atoms with E-state index in [4.69, 9.17) is 14.2 Å². The molecule has 1 fully saturated rings. The molecule has 0 unspecified atom stereocenters. The number of amides is 1. The lowest BCUT2D eigenvalue weighted by molar-refractivity contribution is 0.0927. The first-order valence-corrected chi connectivity index (χ1v) is 10.0. The van der Waals surface area contributed by atoms with Crippen molar-refractivity contribution in [3.63, 3.8) is 0 Å². The largest absolute Gasteiger partial charge is 0.497 e. The first-order chi connectivity index (χ1) is 13.7. The zero-order chi connectivity index (χ0) is 19.8. The van der Waals surface area contributed by atoms with E-state index in [2.05, 4.69) is 5.32 Å². The van der Waals surface area contributed by atoms with E-state index in [0.717, 1.165) is 29.9 Å². The van der Waals surface area contributed by atoms with Crippen LogP contribution in [-0.4, -0.2) is 25.7 Å². The lowest BCUT2D eigenvalue weighted by Gasteiger charge is -2.23. The van der Waals surface area contributed by atoms with E-state index in [1.165, 1.54) is 19.3 Å². The van der Waals surface area contributed by atoms with Gasteiger partial charge in [-0.2, -0.15) is 0 Å². The highest BCUT2D eigenvalue weighted by molar-refractivity contribution is 5.94. The van der Waals surface area contributed by atoms with Gasteiger partial charge < -0.3 is 19.5 Å². The number of ether oxygens (including phenoxy) is 3. The van der Waals surface area contributed by atoms with Crippen LogP contribution in [0.3, 0.4) is 0 Å². The summed E-state index contributed by atoms with van der Waals surface area (Å²) in [4.78, 5) is 12.7. The van der Waals surface area contributed by atoms with E-state index >= 15 is 0 Å². The van der Waals surface area contributed by atoms with Gasteiger partial charge in [-0.25, -0.2) is 0 Å². The molecular formula is C23H29NO4. The number of hydrogen-bond acceptors (Lipinski definition) is 4. The number of hydrogen-bond donors (Lipinski definition) is 1. The quantitative estimate of drug-likeness (QED) is 0.716. The van der Waals surface area contributed by atoms with Crippen molar-refractivity contribution in [3.8, 4) is 17.2 Å². The van der Waals surface area contributed by atoms with Crippen molar-refractivity contribution in [2.45, 2.75) is 51.7 Å². The van der Waals surface area contributed by atoms with Crippen molar-refractivity contribution < 1.29 is 19.0 Å². The number of methoxy groups -OCH3 is 1. The zero-order valence-electron chi connectivity index (χ0n) is 16.7. The molecule has 3 rings (SSSR count). The fourth-order valence-corrected chi connectivity index (χ4v) is 3.50. The second-order valence-corrected chi connectivity index (χ2v) is 7.03. The maximum absolute atomic E-state index is 12.7. The number of carbonyl (C=O) groups is 1. The second kappa shape index (κ2) is 10.0. The van der Waals surface area contributed by atoms with Gasteiger partial charge in [0.05, 0.1) is 13.7 Å². The fraction of sp³-hybridized carbons (Fsp3) is 0.435. The molecule has 1 saturated carbocycles. The van der Waals surface area contributed by atoms with Crippen LogP contribution in [0.2, 0.25) is 0 Å². The van der Waals surface area contributed by atoms with E-state index in [1.807, 2.05) is 49.4 Å². The molecule has 0 aliphatic heterocycles. The van der Waals surface area contributed by atoms with Crippen LogP contribution in [-0.2, 0) is 6.61 Å². The highest BCUT2D eigenvalue weighted by Crippen LogP contribution is 2.25. The lowest BCUT2D eigenvalue weighted by Crippen LogP contribution is -2.36. The monoisotopic (exact) mass is 383 g/mol. The Kier molecular flexibility index (Phi) is 7.18. The van der Waals surface area contributed by atoms with Crippen LogP contribution >= 0.6 is 0 Å². The van der Waals surface area contributed by atoms with Crippen LogP contribution in [0.1, 0.15) is 54.9 Å². The molecule has 1 amide bonds. The molecule has 0 bridgehead atoms. The molecule has 0 radical (unpaired) electrons. The van der Waals surface area contributed by atoms with Crippen molar-refractivity contribution in [1.29, 1.82) is 0 Å². The van der Waals surface area contributed by atoms with Crippen molar-refractivity contribution in [3.05, 3.63) is 53.6 Å². The van der Waals surface area contributed by atoms with Gasteiger partial charge in [0.25, 0.3) is 5.91 Å². The summed E-state index contributed by atoms with van der Waals surface area (Å²) >= 11 is 0.